The number of nitrogens with one attached hydrogen (secondary N) is 1. The number of benzene rings is 4. The molecule has 1 N–H and O–H groups in total. The number of thiophene rings is 1. The van der Waals surface area contributed by atoms with Crippen molar-refractivity contribution < 1.29 is 4.79 Å². The van der Waals surface area contributed by atoms with E-state index in [1.807, 2.05) is 48.7 Å². The van der Waals surface area contributed by atoms with Gasteiger partial charge in [0.1, 0.15) is 5.00 Å². The number of nitrogens with zero attached hydrogens (tertiary/aromatic N) is 2. The van der Waals surface area contributed by atoms with Crippen LogP contribution in [0.1, 0.15) is 44.8 Å². The molecular formula is C39H33N3OS. The van der Waals surface area contributed by atoms with Gasteiger partial charge in [-0.15, -0.1) is 11.3 Å². The smallest absolute Gasteiger partial charge is 0.259 e. The third-order valence-corrected chi connectivity index (χ3v) is 9.37. The van der Waals surface area contributed by atoms with Gasteiger partial charge in [0.25, 0.3) is 5.91 Å². The number of hydrogen-bond donors (Lipinski definition) is 1. The second-order valence-electron chi connectivity index (χ2n) is 11.2. The molecule has 5 heteroatoms. The predicted octanol–water partition coefficient (Wildman–Crippen LogP) is 10.1. The Kier molecular flexibility index (Phi) is 7.78. The molecule has 4 aromatic carbocycles. The van der Waals surface area contributed by atoms with Crippen molar-refractivity contribution in [3.8, 4) is 28.2 Å². The van der Waals surface area contributed by atoms with E-state index in [0.717, 1.165) is 75.7 Å². The maximum absolute atomic E-state index is 13.7. The lowest BCUT2D eigenvalue weighted by Crippen LogP contribution is -2.14. The van der Waals surface area contributed by atoms with Gasteiger partial charge in [-0.25, -0.2) is 4.99 Å². The number of carbonyl (C=O) groups is 1. The molecule has 2 heterocycles. The first-order chi connectivity index (χ1) is 21.7. The Hall–Kier alpha value is -5.00. The van der Waals surface area contributed by atoms with Crippen molar-refractivity contribution in [1.82, 2.24) is 4.57 Å². The zero-order valence-electron chi connectivity index (χ0n) is 24.7. The van der Waals surface area contributed by atoms with Crippen molar-refractivity contribution in [2.75, 3.05) is 5.32 Å². The molecule has 0 spiro atoms. The van der Waals surface area contributed by atoms with Gasteiger partial charge in [0, 0.05) is 28.0 Å². The van der Waals surface area contributed by atoms with Gasteiger partial charge < -0.3 is 9.88 Å². The van der Waals surface area contributed by atoms with Crippen molar-refractivity contribution in [1.29, 1.82) is 0 Å². The standard InChI is InChI=1S/C39H33N3OS/c1-27-21-23-32(24-22-27)42-34(28-13-5-2-6-14-28)25-30(37(42)29-15-7-3-8-16-29)26-40-39-36(33-19-11-12-20-35(33)44-39)38(43)41-31-17-9-4-10-18-31/h2-10,13-18,21-26H,11-12,19-20H2,1H3,(H,41,43). The lowest BCUT2D eigenvalue weighted by Gasteiger charge is -2.15. The molecule has 216 valence electrons. The molecule has 0 bridgehead atoms. The third-order valence-electron chi connectivity index (χ3n) is 8.17. The van der Waals surface area contributed by atoms with Crippen LogP contribution in [0.25, 0.3) is 28.2 Å². The number of rotatable bonds is 7. The number of carbonyl (C=O) groups excluding carboxylic acids is 1. The van der Waals surface area contributed by atoms with Crippen LogP contribution in [0.15, 0.2) is 126 Å². The van der Waals surface area contributed by atoms with E-state index >= 15 is 0 Å². The minimum atomic E-state index is -0.0896. The average molecular weight is 592 g/mol. The van der Waals surface area contributed by atoms with E-state index < -0.39 is 0 Å². The maximum Gasteiger partial charge on any atom is 0.259 e. The lowest BCUT2D eigenvalue weighted by molar-refractivity contribution is 0.102. The van der Waals surface area contributed by atoms with Crippen LogP contribution in [0, 0.1) is 6.92 Å². The molecule has 7 rings (SSSR count). The number of hydrogen-bond acceptors (Lipinski definition) is 3. The van der Waals surface area contributed by atoms with Crippen molar-refractivity contribution in [3.63, 3.8) is 0 Å². The van der Waals surface area contributed by atoms with E-state index in [9.17, 15) is 4.79 Å². The van der Waals surface area contributed by atoms with Gasteiger partial charge in [0.15, 0.2) is 0 Å². The first kappa shape index (κ1) is 27.8. The van der Waals surface area contributed by atoms with Gasteiger partial charge in [-0.1, -0.05) is 96.6 Å². The fourth-order valence-corrected chi connectivity index (χ4v) is 7.25. The summed E-state index contributed by atoms with van der Waals surface area (Å²) in [6, 6.07) is 41.5. The van der Waals surface area contributed by atoms with E-state index in [-0.39, 0.29) is 5.91 Å². The Morgan fingerprint density at radius 1 is 0.795 bits per heavy atom. The third kappa shape index (κ3) is 5.54. The van der Waals surface area contributed by atoms with Gasteiger partial charge >= 0.3 is 0 Å². The summed E-state index contributed by atoms with van der Waals surface area (Å²) in [5.74, 6) is -0.0896. The highest BCUT2D eigenvalue weighted by Crippen LogP contribution is 2.41. The Labute approximate surface area is 262 Å². The molecule has 0 aliphatic heterocycles. The van der Waals surface area contributed by atoms with Gasteiger partial charge in [-0.05, 0) is 79.6 Å². The second-order valence-corrected chi connectivity index (χ2v) is 12.3. The minimum absolute atomic E-state index is 0.0896. The van der Waals surface area contributed by atoms with Crippen LogP contribution in [-0.4, -0.2) is 16.7 Å². The molecule has 4 nitrogen and oxygen atoms in total. The topological polar surface area (TPSA) is 46.4 Å². The van der Waals surface area contributed by atoms with E-state index in [2.05, 4.69) is 95.7 Å². The summed E-state index contributed by atoms with van der Waals surface area (Å²) in [5.41, 5.74) is 10.3. The number of aliphatic imine (C=N–C) groups is 1. The highest BCUT2D eigenvalue weighted by Gasteiger charge is 2.26. The number of amides is 1. The summed E-state index contributed by atoms with van der Waals surface area (Å²) < 4.78 is 2.33. The Balaban J connectivity index is 1.39. The number of fused-ring (bicyclic) bond motifs is 1. The van der Waals surface area contributed by atoms with Crippen LogP contribution in [0.2, 0.25) is 0 Å². The van der Waals surface area contributed by atoms with Crippen LogP contribution in [0.3, 0.4) is 0 Å². The monoisotopic (exact) mass is 591 g/mol. The molecule has 0 unspecified atom stereocenters. The van der Waals surface area contributed by atoms with Gasteiger partial charge in [0.2, 0.25) is 0 Å². The summed E-state index contributed by atoms with van der Waals surface area (Å²) >= 11 is 1.66. The summed E-state index contributed by atoms with van der Waals surface area (Å²) in [4.78, 5) is 20.1. The SMILES string of the molecule is Cc1ccc(-n2c(-c3ccccc3)cc(C=Nc3sc4c(c3C(=O)Nc3ccccc3)CCCC4)c2-c2ccccc2)cc1. The zero-order chi connectivity index (χ0) is 29.9. The van der Waals surface area contributed by atoms with E-state index in [4.69, 9.17) is 4.99 Å². The highest BCUT2D eigenvalue weighted by molar-refractivity contribution is 7.16. The molecule has 0 fully saturated rings. The van der Waals surface area contributed by atoms with Crippen LogP contribution in [-0.2, 0) is 12.8 Å². The predicted molar refractivity (Wildman–Crippen MR) is 184 cm³/mol. The Bertz CT molecular complexity index is 1940. The highest BCUT2D eigenvalue weighted by atomic mass is 32.1. The van der Waals surface area contributed by atoms with E-state index in [1.54, 1.807) is 11.3 Å². The van der Waals surface area contributed by atoms with E-state index in [1.165, 1.54) is 10.4 Å². The van der Waals surface area contributed by atoms with Crippen LogP contribution in [0.4, 0.5) is 10.7 Å². The van der Waals surface area contributed by atoms with Crippen molar-refractivity contribution >= 4 is 34.1 Å². The van der Waals surface area contributed by atoms with Gasteiger partial charge in [-0.3, -0.25) is 4.79 Å². The number of aromatic nitrogens is 1. The average Bonchev–Trinajstić information content (AvgIpc) is 3.64. The Morgan fingerprint density at radius 2 is 1.43 bits per heavy atom. The molecule has 0 radical (unpaired) electrons. The summed E-state index contributed by atoms with van der Waals surface area (Å²) in [6.45, 7) is 2.11. The minimum Gasteiger partial charge on any atom is -0.322 e. The molecule has 0 atom stereocenters. The van der Waals surface area contributed by atoms with E-state index in [0.29, 0.717) is 5.56 Å². The molecule has 0 saturated heterocycles. The maximum atomic E-state index is 13.7. The molecule has 0 saturated carbocycles. The fourth-order valence-electron chi connectivity index (χ4n) is 6.02. The molecule has 44 heavy (non-hydrogen) atoms. The quantitative estimate of drug-likeness (QED) is 0.185. The van der Waals surface area contributed by atoms with Crippen LogP contribution in [0.5, 0.6) is 0 Å². The molecule has 1 aliphatic carbocycles. The normalized spacial score (nSPS) is 12.8. The van der Waals surface area contributed by atoms with Crippen molar-refractivity contribution in [2.45, 2.75) is 32.6 Å². The Morgan fingerprint density at radius 3 is 2.14 bits per heavy atom. The zero-order valence-corrected chi connectivity index (χ0v) is 25.5. The van der Waals surface area contributed by atoms with Gasteiger partial charge in [-0.2, -0.15) is 0 Å². The number of para-hydroxylation sites is 1. The number of anilines is 1. The second kappa shape index (κ2) is 12.3. The molecule has 1 amide bonds. The lowest BCUT2D eigenvalue weighted by atomic mass is 9.95. The largest absolute Gasteiger partial charge is 0.322 e. The molecular weight excluding hydrogens is 559 g/mol. The first-order valence-electron chi connectivity index (χ1n) is 15.1. The summed E-state index contributed by atoms with van der Waals surface area (Å²) in [6.07, 6.45) is 6.11. The summed E-state index contributed by atoms with van der Waals surface area (Å²) in [5, 5.41) is 3.89. The van der Waals surface area contributed by atoms with Gasteiger partial charge in [0.05, 0.1) is 17.0 Å². The fraction of sp³-hybridized carbons (Fsp3) is 0.128. The molecule has 1 aliphatic rings. The van der Waals surface area contributed by atoms with Crippen LogP contribution >= 0.6 is 11.3 Å². The first-order valence-corrected chi connectivity index (χ1v) is 16.0. The van der Waals surface area contributed by atoms with Crippen molar-refractivity contribution in [2.24, 2.45) is 4.99 Å². The number of aryl methyl sites for hydroxylation is 2. The summed E-state index contributed by atoms with van der Waals surface area (Å²) in [7, 11) is 0. The molecule has 6 aromatic rings. The molecule has 2 aromatic heterocycles. The van der Waals surface area contributed by atoms with Crippen molar-refractivity contribution in [3.05, 3.63) is 148 Å². The van der Waals surface area contributed by atoms with Crippen LogP contribution < -0.4 is 5.32 Å².